The molecule has 0 bridgehead atoms. The molecule has 0 fully saturated rings. The molecule has 2 heteroatoms. The topological polar surface area (TPSA) is 0 Å². The van der Waals surface area contributed by atoms with Crippen molar-refractivity contribution < 1.29 is 4.39 Å². The number of aryl methyl sites for hydroxylation is 3. The zero-order valence-electron chi connectivity index (χ0n) is 13.6. The highest BCUT2D eigenvalue weighted by molar-refractivity contribution is 7.99. The summed E-state index contributed by atoms with van der Waals surface area (Å²) in [4.78, 5) is 2.52. The summed E-state index contributed by atoms with van der Waals surface area (Å²) in [7, 11) is 0. The third-order valence-corrected chi connectivity index (χ3v) is 5.18. The van der Waals surface area contributed by atoms with Crippen molar-refractivity contribution in [3.63, 3.8) is 0 Å². The average molecular weight is 322 g/mol. The van der Waals surface area contributed by atoms with Gasteiger partial charge in [-0.3, -0.25) is 0 Å². The van der Waals surface area contributed by atoms with E-state index in [1.807, 2.05) is 12.1 Å². The molecule has 0 atom stereocenters. The highest BCUT2D eigenvalue weighted by atomic mass is 32.2. The van der Waals surface area contributed by atoms with E-state index in [0.717, 1.165) is 11.1 Å². The van der Waals surface area contributed by atoms with Crippen LogP contribution in [-0.2, 0) is 0 Å². The molecule has 3 aromatic carbocycles. The fourth-order valence-corrected chi connectivity index (χ4v) is 3.82. The minimum atomic E-state index is -0.202. The van der Waals surface area contributed by atoms with Crippen molar-refractivity contribution in [2.75, 3.05) is 0 Å². The smallest absolute Gasteiger partial charge is 0.123 e. The standard InChI is InChI=1S/C21H19FS/c1-14-11-18(17-7-9-19(22)10-8-17)13-20(12-14)23-21-15(2)5-4-6-16(21)3/h4-13H,1-3H3. The lowest BCUT2D eigenvalue weighted by molar-refractivity contribution is 0.628. The van der Waals surface area contributed by atoms with Gasteiger partial charge in [-0.05, 0) is 72.9 Å². The van der Waals surface area contributed by atoms with Crippen LogP contribution in [-0.4, -0.2) is 0 Å². The lowest BCUT2D eigenvalue weighted by atomic mass is 10.0. The largest absolute Gasteiger partial charge is 0.207 e. The second kappa shape index (κ2) is 6.59. The van der Waals surface area contributed by atoms with Gasteiger partial charge < -0.3 is 0 Å². The Morgan fingerprint density at radius 2 is 1.39 bits per heavy atom. The van der Waals surface area contributed by atoms with Gasteiger partial charge in [-0.1, -0.05) is 48.2 Å². The molecule has 3 rings (SSSR count). The SMILES string of the molecule is Cc1cc(Sc2c(C)cccc2C)cc(-c2ccc(F)cc2)c1. The fraction of sp³-hybridized carbons (Fsp3) is 0.143. The van der Waals surface area contributed by atoms with Crippen molar-refractivity contribution in [2.24, 2.45) is 0 Å². The Hall–Kier alpha value is -2.06. The summed E-state index contributed by atoms with van der Waals surface area (Å²) >= 11 is 1.79. The van der Waals surface area contributed by atoms with E-state index in [1.165, 1.54) is 38.6 Å². The zero-order valence-corrected chi connectivity index (χ0v) is 14.4. The van der Waals surface area contributed by atoms with Crippen LogP contribution in [0.1, 0.15) is 16.7 Å². The quantitative estimate of drug-likeness (QED) is 0.525. The molecule has 0 nitrogen and oxygen atoms in total. The molecule has 0 aromatic heterocycles. The first-order chi connectivity index (χ1) is 11.0. The normalized spacial score (nSPS) is 10.8. The Balaban J connectivity index is 1.99. The second-order valence-corrected chi connectivity index (χ2v) is 6.95. The highest BCUT2D eigenvalue weighted by Gasteiger charge is 2.07. The summed E-state index contributed by atoms with van der Waals surface area (Å²) in [6.07, 6.45) is 0. The van der Waals surface area contributed by atoms with Gasteiger partial charge in [0.15, 0.2) is 0 Å². The van der Waals surface area contributed by atoms with E-state index in [1.54, 1.807) is 11.8 Å². The Labute approximate surface area is 141 Å². The summed E-state index contributed by atoms with van der Waals surface area (Å²) in [6.45, 7) is 6.39. The molecule has 0 aliphatic rings. The van der Waals surface area contributed by atoms with Gasteiger partial charge in [0.05, 0.1) is 0 Å². The predicted molar refractivity (Wildman–Crippen MR) is 96.6 cm³/mol. The van der Waals surface area contributed by atoms with Crippen LogP contribution >= 0.6 is 11.8 Å². The van der Waals surface area contributed by atoms with Gasteiger partial charge in [0.25, 0.3) is 0 Å². The molecular weight excluding hydrogens is 303 g/mol. The van der Waals surface area contributed by atoms with Crippen LogP contribution in [0.15, 0.2) is 70.5 Å². The van der Waals surface area contributed by atoms with Gasteiger partial charge in [0.2, 0.25) is 0 Å². The van der Waals surface area contributed by atoms with Crippen LogP contribution in [0, 0.1) is 26.6 Å². The Kier molecular flexibility index (Phi) is 4.53. The lowest BCUT2D eigenvalue weighted by Crippen LogP contribution is -1.87. The highest BCUT2D eigenvalue weighted by Crippen LogP contribution is 2.35. The van der Waals surface area contributed by atoms with E-state index in [2.05, 4.69) is 57.2 Å². The second-order valence-electron chi connectivity index (χ2n) is 5.86. The fourth-order valence-electron chi connectivity index (χ4n) is 2.69. The van der Waals surface area contributed by atoms with Crippen molar-refractivity contribution in [2.45, 2.75) is 30.6 Å². The van der Waals surface area contributed by atoms with Gasteiger partial charge in [-0.15, -0.1) is 0 Å². The average Bonchev–Trinajstić information content (AvgIpc) is 2.51. The van der Waals surface area contributed by atoms with E-state index in [0.29, 0.717) is 0 Å². The molecule has 0 spiro atoms. The van der Waals surface area contributed by atoms with E-state index in [4.69, 9.17) is 0 Å². The zero-order chi connectivity index (χ0) is 16.4. The Bertz CT molecular complexity index is 815. The molecular formula is C21H19FS. The van der Waals surface area contributed by atoms with Crippen LogP contribution in [0.5, 0.6) is 0 Å². The maximum atomic E-state index is 13.1. The van der Waals surface area contributed by atoms with Crippen LogP contribution in [0.2, 0.25) is 0 Å². The van der Waals surface area contributed by atoms with Gasteiger partial charge >= 0.3 is 0 Å². The minimum absolute atomic E-state index is 0.202. The van der Waals surface area contributed by atoms with Crippen molar-refractivity contribution >= 4 is 11.8 Å². The molecule has 0 aliphatic carbocycles. The summed E-state index contributed by atoms with van der Waals surface area (Å²) in [5.41, 5.74) is 5.96. The number of rotatable bonds is 3. The van der Waals surface area contributed by atoms with Crippen LogP contribution in [0.4, 0.5) is 4.39 Å². The maximum absolute atomic E-state index is 13.1. The van der Waals surface area contributed by atoms with Gasteiger partial charge in [-0.25, -0.2) is 4.39 Å². The number of benzene rings is 3. The maximum Gasteiger partial charge on any atom is 0.123 e. The molecule has 0 saturated heterocycles. The molecule has 0 amide bonds. The molecule has 3 aromatic rings. The van der Waals surface area contributed by atoms with Gasteiger partial charge in [-0.2, -0.15) is 0 Å². The minimum Gasteiger partial charge on any atom is -0.207 e. The van der Waals surface area contributed by atoms with Crippen LogP contribution < -0.4 is 0 Å². The van der Waals surface area contributed by atoms with Crippen LogP contribution in [0.3, 0.4) is 0 Å². The van der Waals surface area contributed by atoms with Crippen molar-refractivity contribution in [1.82, 2.24) is 0 Å². The van der Waals surface area contributed by atoms with Crippen LogP contribution in [0.25, 0.3) is 11.1 Å². The molecule has 0 saturated carbocycles. The first-order valence-electron chi connectivity index (χ1n) is 7.64. The lowest BCUT2D eigenvalue weighted by Gasteiger charge is -2.11. The molecule has 0 unspecified atom stereocenters. The first-order valence-corrected chi connectivity index (χ1v) is 8.46. The van der Waals surface area contributed by atoms with E-state index >= 15 is 0 Å². The number of halogens is 1. The Morgan fingerprint density at radius 1 is 0.739 bits per heavy atom. The monoisotopic (exact) mass is 322 g/mol. The van der Waals surface area contributed by atoms with Gasteiger partial charge in [0, 0.05) is 9.79 Å². The molecule has 0 aliphatic heterocycles. The third-order valence-electron chi connectivity index (χ3n) is 3.86. The Morgan fingerprint density at radius 3 is 2.04 bits per heavy atom. The van der Waals surface area contributed by atoms with Crippen molar-refractivity contribution in [1.29, 1.82) is 0 Å². The number of hydrogen-bond acceptors (Lipinski definition) is 1. The van der Waals surface area contributed by atoms with Crippen molar-refractivity contribution in [3.8, 4) is 11.1 Å². The molecule has 0 N–H and O–H groups in total. The molecule has 116 valence electrons. The van der Waals surface area contributed by atoms with Gasteiger partial charge in [0.1, 0.15) is 5.82 Å². The van der Waals surface area contributed by atoms with E-state index < -0.39 is 0 Å². The van der Waals surface area contributed by atoms with E-state index in [-0.39, 0.29) is 5.82 Å². The summed E-state index contributed by atoms with van der Waals surface area (Å²) < 4.78 is 13.1. The van der Waals surface area contributed by atoms with Crippen molar-refractivity contribution in [3.05, 3.63) is 83.2 Å². The number of hydrogen-bond donors (Lipinski definition) is 0. The molecule has 23 heavy (non-hydrogen) atoms. The molecule has 0 heterocycles. The summed E-state index contributed by atoms with van der Waals surface area (Å²) in [5.74, 6) is -0.202. The van der Waals surface area contributed by atoms with E-state index in [9.17, 15) is 4.39 Å². The third kappa shape index (κ3) is 3.65. The molecule has 0 radical (unpaired) electrons. The summed E-state index contributed by atoms with van der Waals surface area (Å²) in [6, 6.07) is 19.6. The predicted octanol–water partition coefficient (Wildman–Crippen LogP) is 6.57. The summed E-state index contributed by atoms with van der Waals surface area (Å²) in [5, 5.41) is 0. The first kappa shape index (κ1) is 15.8.